The molecule has 6 nitrogen and oxygen atoms in total. The van der Waals surface area contributed by atoms with Gasteiger partial charge in [-0.15, -0.1) is 0 Å². The molecule has 1 amide bonds. The highest BCUT2D eigenvalue weighted by atomic mass is 19.1. The van der Waals surface area contributed by atoms with Crippen molar-refractivity contribution < 1.29 is 13.9 Å². The molecule has 3 aromatic rings. The van der Waals surface area contributed by atoms with Crippen molar-refractivity contribution >= 4 is 12.1 Å². The van der Waals surface area contributed by atoms with Gasteiger partial charge in [0.15, 0.2) is 0 Å². The lowest BCUT2D eigenvalue weighted by Crippen LogP contribution is -2.41. The Morgan fingerprint density at radius 1 is 1.06 bits per heavy atom. The van der Waals surface area contributed by atoms with Crippen LogP contribution in [0.3, 0.4) is 0 Å². The van der Waals surface area contributed by atoms with Crippen molar-refractivity contribution in [1.82, 2.24) is 16.3 Å². The molecule has 0 aromatic heterocycles. The van der Waals surface area contributed by atoms with Crippen LogP contribution in [0.15, 0.2) is 84.0 Å². The first kappa shape index (κ1) is 20.7. The monoisotopic (exact) mass is 418 g/mol. The summed E-state index contributed by atoms with van der Waals surface area (Å²) in [4.78, 5) is 12.4. The predicted molar refractivity (Wildman–Crippen MR) is 117 cm³/mol. The zero-order valence-electron chi connectivity index (χ0n) is 16.8. The van der Waals surface area contributed by atoms with Gasteiger partial charge in [-0.25, -0.2) is 20.7 Å². The van der Waals surface area contributed by atoms with E-state index in [1.807, 2.05) is 54.6 Å². The van der Waals surface area contributed by atoms with Crippen molar-refractivity contribution in [1.29, 1.82) is 0 Å². The van der Waals surface area contributed by atoms with E-state index in [0.717, 1.165) is 16.9 Å². The number of nitrogens with zero attached hydrogens (tertiary/aromatic N) is 1. The van der Waals surface area contributed by atoms with Gasteiger partial charge < -0.3 is 4.74 Å². The first-order valence-corrected chi connectivity index (χ1v) is 10.0. The minimum atomic E-state index is -0.427. The molecule has 4 rings (SSSR count). The summed E-state index contributed by atoms with van der Waals surface area (Å²) >= 11 is 0. The molecule has 2 atom stereocenters. The molecule has 158 valence electrons. The quantitative estimate of drug-likeness (QED) is 0.406. The van der Waals surface area contributed by atoms with Crippen LogP contribution in [-0.4, -0.2) is 18.2 Å². The van der Waals surface area contributed by atoms with E-state index in [-0.39, 0.29) is 17.8 Å². The number of rotatable bonds is 7. The lowest BCUT2D eigenvalue weighted by molar-refractivity contribution is -0.122. The van der Waals surface area contributed by atoms with Crippen LogP contribution in [0.2, 0.25) is 0 Å². The zero-order chi connectivity index (χ0) is 21.5. The minimum Gasteiger partial charge on any atom is -0.489 e. The van der Waals surface area contributed by atoms with E-state index < -0.39 is 6.04 Å². The second-order valence-electron chi connectivity index (χ2n) is 7.26. The minimum absolute atomic E-state index is 0.0305. The summed E-state index contributed by atoms with van der Waals surface area (Å²) in [7, 11) is 0. The van der Waals surface area contributed by atoms with Crippen LogP contribution in [-0.2, 0) is 11.4 Å². The van der Waals surface area contributed by atoms with Gasteiger partial charge in [0.25, 0.3) is 5.91 Å². The Labute approximate surface area is 180 Å². The van der Waals surface area contributed by atoms with Crippen LogP contribution >= 0.6 is 0 Å². The van der Waals surface area contributed by atoms with E-state index >= 15 is 0 Å². The fourth-order valence-corrected chi connectivity index (χ4v) is 3.31. The van der Waals surface area contributed by atoms with Gasteiger partial charge in [-0.1, -0.05) is 54.6 Å². The van der Waals surface area contributed by atoms with Crippen molar-refractivity contribution in [3.63, 3.8) is 0 Å². The van der Waals surface area contributed by atoms with Crippen LogP contribution in [0.1, 0.15) is 29.2 Å². The van der Waals surface area contributed by atoms with Crippen molar-refractivity contribution in [2.24, 2.45) is 5.10 Å². The van der Waals surface area contributed by atoms with Gasteiger partial charge >= 0.3 is 0 Å². The third kappa shape index (κ3) is 5.75. The molecule has 1 heterocycles. The fourth-order valence-electron chi connectivity index (χ4n) is 3.31. The molecular formula is C24H23FN4O2. The highest BCUT2D eigenvalue weighted by Crippen LogP contribution is 2.26. The van der Waals surface area contributed by atoms with E-state index in [1.165, 1.54) is 18.3 Å². The second-order valence-corrected chi connectivity index (χ2v) is 7.26. The summed E-state index contributed by atoms with van der Waals surface area (Å²) in [5, 5.41) is 3.95. The normalized spacial score (nSPS) is 18.2. The number of amides is 1. The largest absolute Gasteiger partial charge is 0.489 e. The van der Waals surface area contributed by atoms with Crippen LogP contribution in [0.5, 0.6) is 5.75 Å². The molecule has 3 aromatic carbocycles. The molecule has 31 heavy (non-hydrogen) atoms. The number of carbonyl (C=O) groups is 1. The van der Waals surface area contributed by atoms with Gasteiger partial charge in [-0.2, -0.15) is 5.10 Å². The lowest BCUT2D eigenvalue weighted by atomic mass is 10.0. The molecule has 0 spiro atoms. The Morgan fingerprint density at radius 3 is 2.68 bits per heavy atom. The summed E-state index contributed by atoms with van der Waals surface area (Å²) in [6, 6.07) is 23.2. The predicted octanol–water partition coefficient (Wildman–Crippen LogP) is 3.46. The molecule has 0 radical (unpaired) electrons. The number of hydrogen-bond donors (Lipinski definition) is 3. The Balaban J connectivity index is 1.29. The number of hydrazone groups is 1. The zero-order valence-corrected chi connectivity index (χ0v) is 16.8. The van der Waals surface area contributed by atoms with Gasteiger partial charge in [0.2, 0.25) is 0 Å². The summed E-state index contributed by atoms with van der Waals surface area (Å²) in [6.45, 7) is 0.498. The highest BCUT2D eigenvalue weighted by molar-refractivity contribution is 5.85. The smallest absolute Gasteiger partial charge is 0.258 e. The third-order valence-electron chi connectivity index (χ3n) is 4.99. The van der Waals surface area contributed by atoms with Crippen molar-refractivity contribution in [2.75, 3.05) is 0 Å². The molecule has 0 aliphatic carbocycles. The Hall–Kier alpha value is -3.55. The Bertz CT molecular complexity index is 1040. The number of nitrogens with one attached hydrogen (secondary N) is 3. The van der Waals surface area contributed by atoms with E-state index in [9.17, 15) is 9.18 Å². The van der Waals surface area contributed by atoms with Gasteiger partial charge in [-0.05, 0) is 47.4 Å². The summed E-state index contributed by atoms with van der Waals surface area (Å²) < 4.78 is 18.8. The molecule has 1 aliphatic rings. The summed E-state index contributed by atoms with van der Waals surface area (Å²) in [5.41, 5.74) is 11.5. The van der Waals surface area contributed by atoms with Crippen molar-refractivity contribution in [3.05, 3.63) is 101 Å². The summed E-state index contributed by atoms with van der Waals surface area (Å²) in [6.07, 6.45) is 2.05. The molecule has 0 saturated carbocycles. The molecule has 2 unspecified atom stereocenters. The molecule has 1 fully saturated rings. The molecule has 1 aliphatic heterocycles. The first-order chi connectivity index (χ1) is 15.2. The number of ether oxygens (including phenoxy) is 1. The fraction of sp³-hybridized carbons (Fsp3) is 0.167. The maximum absolute atomic E-state index is 12.9. The van der Waals surface area contributed by atoms with Crippen LogP contribution in [0, 0.1) is 5.82 Å². The van der Waals surface area contributed by atoms with E-state index in [4.69, 9.17) is 4.74 Å². The topological polar surface area (TPSA) is 74.8 Å². The number of halogens is 1. The molecule has 0 bridgehead atoms. The maximum Gasteiger partial charge on any atom is 0.258 e. The average molecular weight is 418 g/mol. The van der Waals surface area contributed by atoms with Gasteiger partial charge in [0.05, 0.1) is 6.21 Å². The average Bonchev–Trinajstić information content (AvgIpc) is 3.30. The molecular weight excluding hydrogens is 395 g/mol. The van der Waals surface area contributed by atoms with E-state index in [2.05, 4.69) is 21.4 Å². The van der Waals surface area contributed by atoms with Crippen LogP contribution < -0.4 is 21.0 Å². The number of hydrogen-bond acceptors (Lipinski definition) is 5. The van der Waals surface area contributed by atoms with Crippen molar-refractivity contribution in [2.45, 2.75) is 25.1 Å². The third-order valence-corrected chi connectivity index (χ3v) is 4.99. The number of benzene rings is 3. The highest BCUT2D eigenvalue weighted by Gasteiger charge is 2.30. The van der Waals surface area contributed by atoms with Crippen LogP contribution in [0.4, 0.5) is 4.39 Å². The van der Waals surface area contributed by atoms with E-state index in [0.29, 0.717) is 18.6 Å². The summed E-state index contributed by atoms with van der Waals surface area (Å²) in [5.74, 6) is 0.216. The van der Waals surface area contributed by atoms with Gasteiger partial charge in [-0.3, -0.25) is 4.79 Å². The second kappa shape index (κ2) is 9.97. The lowest BCUT2D eigenvalue weighted by Gasteiger charge is -2.12. The number of hydrazine groups is 1. The standard InChI is InChI=1S/C24H23FN4O2/c25-20-11-9-17(10-12-20)15-26-29-24(30)23-14-22(27-28-23)19-7-4-8-21(13-19)31-16-18-5-2-1-3-6-18/h1-13,15,22-23,27-28H,14,16H2,(H,29,30)/b26-15+. The molecule has 1 saturated heterocycles. The Kier molecular flexibility index (Phi) is 6.66. The molecule has 3 N–H and O–H groups in total. The maximum atomic E-state index is 12.9. The first-order valence-electron chi connectivity index (χ1n) is 10.0. The van der Waals surface area contributed by atoms with Gasteiger partial charge in [0, 0.05) is 6.04 Å². The SMILES string of the molecule is O=C(N/N=C/c1ccc(F)cc1)C1CC(c2cccc(OCc3ccccc3)c2)NN1. The van der Waals surface area contributed by atoms with Crippen LogP contribution in [0.25, 0.3) is 0 Å². The Morgan fingerprint density at radius 2 is 1.87 bits per heavy atom. The van der Waals surface area contributed by atoms with Gasteiger partial charge in [0.1, 0.15) is 24.2 Å². The van der Waals surface area contributed by atoms with Crippen molar-refractivity contribution in [3.8, 4) is 5.75 Å². The molecule has 7 heteroatoms. The number of carbonyl (C=O) groups excluding carboxylic acids is 1. The van der Waals surface area contributed by atoms with E-state index in [1.54, 1.807) is 12.1 Å².